The Morgan fingerprint density at radius 2 is 1.66 bits per heavy atom. The van der Waals surface area contributed by atoms with E-state index >= 15 is 0 Å². The molecule has 0 bridgehead atoms. The predicted octanol–water partition coefficient (Wildman–Crippen LogP) is 6.24. The van der Waals surface area contributed by atoms with Gasteiger partial charge in [-0.3, -0.25) is 4.79 Å². The number of hydrogen-bond donors (Lipinski definition) is 0. The van der Waals surface area contributed by atoms with Crippen molar-refractivity contribution in [3.63, 3.8) is 0 Å². The van der Waals surface area contributed by atoms with E-state index in [4.69, 9.17) is 18.9 Å². The van der Waals surface area contributed by atoms with Crippen molar-refractivity contribution in [3.8, 4) is 22.6 Å². The molecule has 0 aliphatic heterocycles. The van der Waals surface area contributed by atoms with Crippen LogP contribution in [0.4, 0.5) is 0 Å². The Morgan fingerprint density at radius 3 is 2.34 bits per heavy atom. The molecular formula is C30H34O5. The summed E-state index contributed by atoms with van der Waals surface area (Å²) in [7, 11) is 1.45. The van der Waals surface area contributed by atoms with Crippen LogP contribution in [0.15, 0.2) is 60.7 Å². The molecule has 3 aromatic rings. The third kappa shape index (κ3) is 6.23. The molecule has 5 heteroatoms. The smallest absolute Gasteiger partial charge is 0.309 e. The van der Waals surface area contributed by atoms with E-state index in [9.17, 15) is 4.79 Å². The summed E-state index contributed by atoms with van der Waals surface area (Å²) in [4.78, 5) is 11.7. The molecule has 0 amide bonds. The number of carbonyl (C=O) groups is 1. The normalized spacial score (nSPS) is 16.6. The van der Waals surface area contributed by atoms with Gasteiger partial charge in [0.25, 0.3) is 0 Å². The maximum absolute atomic E-state index is 11.7. The number of benzene rings is 3. The van der Waals surface area contributed by atoms with E-state index in [0.717, 1.165) is 29.0 Å². The van der Waals surface area contributed by atoms with Crippen LogP contribution in [0.25, 0.3) is 11.1 Å². The standard InChI is InChI=1S/C30H34O5/c1-5-33-13-14-34-26-15-20(2)29(21(3)16-26)24-8-6-7-22(17-24)19-35-25-11-9-23(10-12-25)27-18-28(27)30(31)32-4/h6-12,15-17,27-28H,5,13-14,18-19H2,1-4H3. The van der Waals surface area contributed by atoms with Gasteiger partial charge in [0.1, 0.15) is 24.7 Å². The molecule has 4 rings (SSSR count). The van der Waals surface area contributed by atoms with Crippen molar-refractivity contribution < 1.29 is 23.7 Å². The third-order valence-corrected chi connectivity index (χ3v) is 6.43. The SMILES string of the molecule is CCOCCOc1cc(C)c(-c2cccc(COc3ccc(C4CC4C(=O)OC)cc3)c2)c(C)c1. The largest absolute Gasteiger partial charge is 0.491 e. The quantitative estimate of drug-likeness (QED) is 0.243. The van der Waals surface area contributed by atoms with Gasteiger partial charge in [0.2, 0.25) is 0 Å². The lowest BCUT2D eigenvalue weighted by Crippen LogP contribution is -2.06. The second kappa shape index (κ2) is 11.4. The van der Waals surface area contributed by atoms with E-state index in [2.05, 4.69) is 50.2 Å². The maximum Gasteiger partial charge on any atom is 0.309 e. The molecule has 0 saturated heterocycles. The van der Waals surface area contributed by atoms with Crippen LogP contribution in [0.3, 0.4) is 0 Å². The zero-order valence-corrected chi connectivity index (χ0v) is 21.0. The molecule has 3 aromatic carbocycles. The first-order valence-corrected chi connectivity index (χ1v) is 12.2. The highest BCUT2D eigenvalue weighted by Gasteiger charge is 2.44. The van der Waals surface area contributed by atoms with Gasteiger partial charge in [-0.1, -0.05) is 30.3 Å². The zero-order chi connectivity index (χ0) is 24.8. The van der Waals surface area contributed by atoms with Gasteiger partial charge in [-0.25, -0.2) is 0 Å². The summed E-state index contributed by atoms with van der Waals surface area (Å²) in [6, 6.07) is 20.7. The number of ether oxygens (including phenoxy) is 4. The van der Waals surface area contributed by atoms with E-state index in [1.165, 1.54) is 29.4 Å². The summed E-state index contributed by atoms with van der Waals surface area (Å²) in [5.74, 6) is 1.83. The van der Waals surface area contributed by atoms with E-state index in [1.54, 1.807) is 0 Å². The topological polar surface area (TPSA) is 54.0 Å². The van der Waals surface area contributed by atoms with Gasteiger partial charge >= 0.3 is 5.97 Å². The van der Waals surface area contributed by atoms with Crippen molar-refractivity contribution >= 4 is 5.97 Å². The lowest BCUT2D eigenvalue weighted by Gasteiger charge is -2.15. The highest BCUT2D eigenvalue weighted by molar-refractivity contribution is 5.77. The Hall–Kier alpha value is -3.31. The zero-order valence-electron chi connectivity index (χ0n) is 21.0. The maximum atomic E-state index is 11.7. The van der Waals surface area contributed by atoms with Crippen LogP contribution >= 0.6 is 0 Å². The fourth-order valence-electron chi connectivity index (χ4n) is 4.60. The fraction of sp³-hybridized carbons (Fsp3) is 0.367. The average Bonchev–Trinajstić information content (AvgIpc) is 3.66. The van der Waals surface area contributed by atoms with Crippen LogP contribution in [0, 0.1) is 19.8 Å². The Kier molecular flexibility index (Phi) is 8.09. The average molecular weight is 475 g/mol. The van der Waals surface area contributed by atoms with E-state index in [-0.39, 0.29) is 17.8 Å². The first kappa shape index (κ1) is 24.8. The molecule has 5 nitrogen and oxygen atoms in total. The van der Waals surface area contributed by atoms with Crippen molar-refractivity contribution in [1.82, 2.24) is 0 Å². The Bertz CT molecular complexity index is 1130. The highest BCUT2D eigenvalue weighted by Crippen LogP contribution is 2.48. The van der Waals surface area contributed by atoms with Crippen molar-refractivity contribution in [1.29, 1.82) is 0 Å². The molecule has 184 valence electrons. The van der Waals surface area contributed by atoms with Crippen molar-refractivity contribution in [2.75, 3.05) is 26.9 Å². The number of hydrogen-bond acceptors (Lipinski definition) is 5. The number of methoxy groups -OCH3 is 1. The molecule has 0 heterocycles. The molecule has 0 spiro atoms. The van der Waals surface area contributed by atoms with Gasteiger partial charge < -0.3 is 18.9 Å². The lowest BCUT2D eigenvalue weighted by atomic mass is 9.94. The predicted molar refractivity (Wildman–Crippen MR) is 137 cm³/mol. The number of rotatable bonds is 11. The summed E-state index contributed by atoms with van der Waals surface area (Å²) in [6.07, 6.45) is 0.860. The summed E-state index contributed by atoms with van der Waals surface area (Å²) < 4.78 is 22.1. The Labute approximate surface area is 208 Å². The molecule has 0 radical (unpaired) electrons. The second-order valence-corrected chi connectivity index (χ2v) is 9.01. The minimum Gasteiger partial charge on any atom is -0.491 e. The molecule has 2 unspecified atom stereocenters. The van der Waals surface area contributed by atoms with E-state index in [0.29, 0.717) is 26.4 Å². The highest BCUT2D eigenvalue weighted by atomic mass is 16.5. The van der Waals surface area contributed by atoms with Crippen LogP contribution in [0.1, 0.15) is 41.5 Å². The molecular weight excluding hydrogens is 440 g/mol. The summed E-state index contributed by atoms with van der Waals surface area (Å²) in [5.41, 5.74) is 7.00. The van der Waals surface area contributed by atoms with Crippen LogP contribution in [0.5, 0.6) is 11.5 Å². The van der Waals surface area contributed by atoms with E-state index in [1.807, 2.05) is 31.2 Å². The summed E-state index contributed by atoms with van der Waals surface area (Å²) >= 11 is 0. The minimum absolute atomic E-state index is 0.00266. The lowest BCUT2D eigenvalue weighted by molar-refractivity contribution is -0.142. The van der Waals surface area contributed by atoms with Crippen LogP contribution in [0.2, 0.25) is 0 Å². The van der Waals surface area contributed by atoms with Crippen LogP contribution in [-0.2, 0) is 20.9 Å². The van der Waals surface area contributed by atoms with Gasteiger partial charge in [-0.2, -0.15) is 0 Å². The van der Waals surface area contributed by atoms with Crippen molar-refractivity contribution in [2.45, 2.75) is 39.7 Å². The fourth-order valence-corrected chi connectivity index (χ4v) is 4.60. The Balaban J connectivity index is 1.38. The van der Waals surface area contributed by atoms with Gasteiger partial charge in [-0.05, 0) is 96.8 Å². The number of aryl methyl sites for hydroxylation is 2. The molecule has 1 fully saturated rings. The molecule has 1 saturated carbocycles. The molecule has 0 aromatic heterocycles. The number of esters is 1. The van der Waals surface area contributed by atoms with E-state index < -0.39 is 0 Å². The molecule has 35 heavy (non-hydrogen) atoms. The van der Waals surface area contributed by atoms with Gasteiger partial charge in [-0.15, -0.1) is 0 Å². The summed E-state index contributed by atoms with van der Waals surface area (Å²) in [5, 5.41) is 0. The number of carbonyl (C=O) groups excluding carboxylic acids is 1. The van der Waals surface area contributed by atoms with Gasteiger partial charge in [0.15, 0.2) is 0 Å². The first-order chi connectivity index (χ1) is 17.0. The molecule has 2 atom stereocenters. The second-order valence-electron chi connectivity index (χ2n) is 9.01. The molecule has 1 aliphatic rings. The van der Waals surface area contributed by atoms with Crippen LogP contribution in [-0.4, -0.2) is 32.9 Å². The van der Waals surface area contributed by atoms with Crippen molar-refractivity contribution in [2.24, 2.45) is 5.92 Å². The summed E-state index contributed by atoms with van der Waals surface area (Å²) in [6.45, 7) is 8.54. The van der Waals surface area contributed by atoms with Gasteiger partial charge in [0.05, 0.1) is 19.6 Å². The van der Waals surface area contributed by atoms with Crippen LogP contribution < -0.4 is 9.47 Å². The minimum atomic E-state index is -0.121. The molecule has 0 N–H and O–H groups in total. The first-order valence-electron chi connectivity index (χ1n) is 12.2. The van der Waals surface area contributed by atoms with Crippen molar-refractivity contribution in [3.05, 3.63) is 82.9 Å². The monoisotopic (exact) mass is 474 g/mol. The Morgan fingerprint density at radius 1 is 0.914 bits per heavy atom. The van der Waals surface area contributed by atoms with Gasteiger partial charge in [0, 0.05) is 6.61 Å². The molecule has 1 aliphatic carbocycles. The third-order valence-electron chi connectivity index (χ3n) is 6.43.